The fraction of sp³-hybridized carbons (Fsp3) is 0.391. The van der Waals surface area contributed by atoms with Gasteiger partial charge in [-0.05, 0) is 37.1 Å². The van der Waals surface area contributed by atoms with Crippen LogP contribution in [0.25, 0.3) is 0 Å². The van der Waals surface area contributed by atoms with Gasteiger partial charge in [0.05, 0.1) is 11.6 Å². The van der Waals surface area contributed by atoms with Gasteiger partial charge in [-0.2, -0.15) is 0 Å². The second kappa shape index (κ2) is 8.30. The van der Waals surface area contributed by atoms with Crippen LogP contribution in [0.5, 0.6) is 0 Å². The lowest BCUT2D eigenvalue weighted by atomic mass is 9.92. The number of amides is 3. The molecule has 0 radical (unpaired) electrons. The van der Waals surface area contributed by atoms with Gasteiger partial charge >= 0.3 is 12.1 Å². The number of carbonyl (C=O) groups excluding carboxylic acids is 2. The zero-order valence-electron chi connectivity index (χ0n) is 17.3. The summed E-state index contributed by atoms with van der Waals surface area (Å²) in [6.07, 6.45) is -0.323. The highest BCUT2D eigenvalue weighted by atomic mass is 79.9. The summed E-state index contributed by atoms with van der Waals surface area (Å²) in [5.74, 6) is 0. The molecular formula is C23H26BrN3O3. The fourth-order valence-electron chi connectivity index (χ4n) is 4.16. The average molecular weight is 472 g/mol. The van der Waals surface area contributed by atoms with E-state index < -0.39 is 5.54 Å². The van der Waals surface area contributed by atoms with Crippen LogP contribution in [0.15, 0.2) is 59.1 Å². The minimum absolute atomic E-state index is 0.0229. The molecule has 6 nitrogen and oxygen atoms in total. The van der Waals surface area contributed by atoms with Crippen molar-refractivity contribution in [3.05, 3.63) is 70.2 Å². The molecule has 3 amide bonds. The van der Waals surface area contributed by atoms with E-state index >= 15 is 0 Å². The maximum atomic E-state index is 13.1. The van der Waals surface area contributed by atoms with Gasteiger partial charge in [-0.25, -0.2) is 9.59 Å². The molecule has 2 aromatic carbocycles. The largest absolute Gasteiger partial charge is 0.445 e. The van der Waals surface area contributed by atoms with Gasteiger partial charge in [-0.15, -0.1) is 0 Å². The zero-order valence-corrected chi connectivity index (χ0v) is 18.8. The first-order chi connectivity index (χ1) is 14.4. The Hall–Kier alpha value is -2.54. The Morgan fingerprint density at radius 3 is 2.47 bits per heavy atom. The maximum absolute atomic E-state index is 13.1. The molecule has 2 aliphatic rings. The predicted octanol–water partition coefficient (Wildman–Crippen LogP) is 4.44. The molecule has 0 aromatic heterocycles. The van der Waals surface area contributed by atoms with Crippen LogP contribution in [0.2, 0.25) is 0 Å². The number of halogens is 1. The van der Waals surface area contributed by atoms with Crippen molar-refractivity contribution >= 4 is 28.1 Å². The molecule has 0 spiro atoms. The molecule has 0 aliphatic carbocycles. The Morgan fingerprint density at radius 2 is 1.77 bits per heavy atom. The van der Waals surface area contributed by atoms with E-state index in [9.17, 15) is 9.59 Å². The van der Waals surface area contributed by atoms with Crippen LogP contribution in [0.1, 0.15) is 25.0 Å². The van der Waals surface area contributed by atoms with E-state index in [0.717, 1.165) is 15.6 Å². The van der Waals surface area contributed by atoms with E-state index in [2.05, 4.69) is 29.8 Å². The number of benzene rings is 2. The highest BCUT2D eigenvalue weighted by molar-refractivity contribution is 9.10. The van der Waals surface area contributed by atoms with Crippen LogP contribution in [0, 0.1) is 0 Å². The van der Waals surface area contributed by atoms with Gasteiger partial charge in [0.2, 0.25) is 0 Å². The molecule has 158 valence electrons. The number of ether oxygens (including phenoxy) is 1. The molecule has 2 saturated heterocycles. The molecule has 1 atom stereocenters. The van der Waals surface area contributed by atoms with Crippen LogP contribution in [0.3, 0.4) is 0 Å². The van der Waals surface area contributed by atoms with Crippen LogP contribution in [-0.4, -0.2) is 59.0 Å². The van der Waals surface area contributed by atoms with Gasteiger partial charge in [0.25, 0.3) is 0 Å². The standard InChI is InChI=1S/C23H26BrN3O3/c1-23(2,18-8-10-19(24)11-9-18)27-15-20-14-25(12-13-26(20)21(27)28)22(29)30-16-17-6-4-3-5-7-17/h3-11,20H,12-16H2,1-2H3/t20-/m0/s1. The van der Waals surface area contributed by atoms with Crippen LogP contribution < -0.4 is 0 Å². The number of hydrogen-bond acceptors (Lipinski definition) is 3. The summed E-state index contributed by atoms with van der Waals surface area (Å²) in [6, 6.07) is 17.7. The Morgan fingerprint density at radius 1 is 1.07 bits per heavy atom. The van der Waals surface area contributed by atoms with Crippen molar-refractivity contribution in [1.29, 1.82) is 0 Å². The first-order valence-corrected chi connectivity index (χ1v) is 11.0. The molecule has 0 unspecified atom stereocenters. The average Bonchev–Trinajstić information content (AvgIpc) is 3.10. The first-order valence-electron chi connectivity index (χ1n) is 10.2. The van der Waals surface area contributed by atoms with E-state index in [1.807, 2.05) is 64.4 Å². The Labute approximate surface area is 185 Å². The molecule has 2 aliphatic heterocycles. The van der Waals surface area contributed by atoms with Gasteiger partial charge in [0.15, 0.2) is 0 Å². The number of fused-ring (bicyclic) bond motifs is 1. The van der Waals surface area contributed by atoms with E-state index in [0.29, 0.717) is 26.2 Å². The summed E-state index contributed by atoms with van der Waals surface area (Å²) in [5, 5.41) is 0. The SMILES string of the molecule is CC(C)(c1ccc(Br)cc1)N1C[C@@H]2CN(C(=O)OCc3ccccc3)CCN2C1=O. The van der Waals surface area contributed by atoms with Crippen molar-refractivity contribution in [2.45, 2.75) is 32.0 Å². The zero-order chi connectivity index (χ0) is 21.3. The molecule has 2 aromatic rings. The maximum Gasteiger partial charge on any atom is 0.410 e. The van der Waals surface area contributed by atoms with Gasteiger partial charge in [-0.3, -0.25) is 0 Å². The number of hydrogen-bond donors (Lipinski definition) is 0. The van der Waals surface area contributed by atoms with Gasteiger partial charge in [0.1, 0.15) is 6.61 Å². The second-order valence-electron chi connectivity index (χ2n) is 8.29. The van der Waals surface area contributed by atoms with Gasteiger partial charge < -0.3 is 19.4 Å². The monoisotopic (exact) mass is 471 g/mol. The van der Waals surface area contributed by atoms with Crippen molar-refractivity contribution in [2.24, 2.45) is 0 Å². The van der Waals surface area contributed by atoms with E-state index in [-0.39, 0.29) is 24.8 Å². The molecular weight excluding hydrogens is 446 g/mol. The summed E-state index contributed by atoms with van der Waals surface area (Å²) in [5.41, 5.74) is 1.61. The third-order valence-corrected chi connectivity index (χ3v) is 6.57. The van der Waals surface area contributed by atoms with Crippen molar-refractivity contribution in [2.75, 3.05) is 26.2 Å². The highest BCUT2D eigenvalue weighted by Gasteiger charge is 2.47. The minimum Gasteiger partial charge on any atom is -0.445 e. The summed E-state index contributed by atoms with van der Waals surface area (Å²) in [4.78, 5) is 31.2. The molecule has 0 bridgehead atoms. The molecule has 0 N–H and O–H groups in total. The smallest absolute Gasteiger partial charge is 0.410 e. The number of rotatable bonds is 4. The van der Waals surface area contributed by atoms with E-state index in [1.165, 1.54) is 0 Å². The molecule has 2 fully saturated rings. The number of carbonyl (C=O) groups is 2. The Balaban J connectivity index is 1.40. The summed E-state index contributed by atoms with van der Waals surface area (Å²) in [6.45, 7) is 6.49. The van der Waals surface area contributed by atoms with Crippen molar-refractivity contribution in [3.63, 3.8) is 0 Å². The third-order valence-electron chi connectivity index (χ3n) is 6.04. The quantitative estimate of drug-likeness (QED) is 0.661. The van der Waals surface area contributed by atoms with E-state index in [4.69, 9.17) is 4.74 Å². The molecule has 7 heteroatoms. The molecule has 30 heavy (non-hydrogen) atoms. The van der Waals surface area contributed by atoms with Crippen LogP contribution >= 0.6 is 15.9 Å². The van der Waals surface area contributed by atoms with Crippen LogP contribution in [0.4, 0.5) is 9.59 Å². The Kier molecular flexibility index (Phi) is 5.73. The first kappa shape index (κ1) is 20.7. The number of urea groups is 1. The van der Waals surface area contributed by atoms with Crippen molar-refractivity contribution < 1.29 is 14.3 Å². The second-order valence-corrected chi connectivity index (χ2v) is 9.21. The predicted molar refractivity (Wildman–Crippen MR) is 118 cm³/mol. The minimum atomic E-state index is -0.437. The summed E-state index contributed by atoms with van der Waals surface area (Å²) >= 11 is 3.47. The molecule has 0 saturated carbocycles. The molecule has 4 rings (SSSR count). The lowest BCUT2D eigenvalue weighted by molar-refractivity contribution is 0.0682. The normalized spacial score (nSPS) is 19.1. The highest BCUT2D eigenvalue weighted by Crippen LogP contribution is 2.34. The summed E-state index contributed by atoms with van der Waals surface area (Å²) in [7, 11) is 0. The van der Waals surface area contributed by atoms with E-state index in [1.54, 1.807) is 4.90 Å². The summed E-state index contributed by atoms with van der Waals surface area (Å²) < 4.78 is 6.49. The lowest BCUT2D eigenvalue weighted by Crippen LogP contribution is -2.53. The third kappa shape index (κ3) is 4.03. The van der Waals surface area contributed by atoms with Gasteiger partial charge in [-0.1, -0.05) is 58.4 Å². The topological polar surface area (TPSA) is 53.1 Å². The number of nitrogens with zero attached hydrogens (tertiary/aromatic N) is 3. The van der Waals surface area contributed by atoms with Gasteiger partial charge in [0, 0.05) is 30.7 Å². The molecule has 2 heterocycles. The number of piperazine rings is 1. The lowest BCUT2D eigenvalue weighted by Gasteiger charge is -2.36. The van der Waals surface area contributed by atoms with Crippen molar-refractivity contribution in [3.8, 4) is 0 Å². The van der Waals surface area contributed by atoms with Crippen LogP contribution in [-0.2, 0) is 16.9 Å². The fourth-order valence-corrected chi connectivity index (χ4v) is 4.43. The Bertz CT molecular complexity index is 917. The van der Waals surface area contributed by atoms with Crippen molar-refractivity contribution in [1.82, 2.24) is 14.7 Å².